The summed E-state index contributed by atoms with van der Waals surface area (Å²) in [5.41, 5.74) is 4.78. The molecule has 0 aliphatic heterocycles. The van der Waals surface area contributed by atoms with Gasteiger partial charge in [0.1, 0.15) is 12.6 Å². The van der Waals surface area contributed by atoms with Gasteiger partial charge in [0.2, 0.25) is 0 Å². The van der Waals surface area contributed by atoms with Gasteiger partial charge in [-0.05, 0) is 39.9 Å². The van der Waals surface area contributed by atoms with E-state index in [1.165, 1.54) is 19.2 Å². The zero-order valence-electron chi connectivity index (χ0n) is 17.4. The highest BCUT2D eigenvalue weighted by Gasteiger charge is 2.30. The van der Waals surface area contributed by atoms with Crippen LogP contribution in [-0.4, -0.2) is 36.9 Å². The minimum Gasteiger partial charge on any atom is -0.505 e. The van der Waals surface area contributed by atoms with E-state index < -0.39 is 29.7 Å². The molecule has 1 aliphatic rings. The lowest BCUT2D eigenvalue weighted by molar-refractivity contribution is -0.143. The van der Waals surface area contributed by atoms with Crippen LogP contribution in [0.4, 0.5) is 9.18 Å². The van der Waals surface area contributed by atoms with Crippen molar-refractivity contribution >= 4 is 12.1 Å². The number of halogens is 1. The van der Waals surface area contributed by atoms with Crippen LogP contribution in [-0.2, 0) is 20.7 Å². The number of nitrogens with one attached hydrogen (secondary N) is 1. The molecule has 164 valence electrons. The number of fused-ring (bicyclic) bond motifs is 3. The second-order valence-corrected chi connectivity index (χ2v) is 7.54. The number of esters is 1. The number of hydrogen-bond donors (Lipinski definition) is 2. The molecule has 7 heteroatoms. The Hall–Kier alpha value is -3.87. The Bertz CT molecular complexity index is 1120. The molecule has 1 atom stereocenters. The molecule has 3 aromatic rings. The van der Waals surface area contributed by atoms with E-state index in [1.807, 2.05) is 48.5 Å². The van der Waals surface area contributed by atoms with Crippen LogP contribution in [0.25, 0.3) is 11.1 Å². The lowest BCUT2D eigenvalue weighted by atomic mass is 9.98. The van der Waals surface area contributed by atoms with Crippen molar-refractivity contribution in [2.24, 2.45) is 0 Å². The number of rotatable bonds is 6. The molecule has 0 aromatic heterocycles. The number of carbonyl (C=O) groups excluding carboxylic acids is 2. The first-order chi connectivity index (χ1) is 15.5. The molecule has 1 unspecified atom stereocenters. The van der Waals surface area contributed by atoms with E-state index >= 15 is 0 Å². The lowest BCUT2D eigenvalue weighted by Crippen LogP contribution is -2.43. The Morgan fingerprint density at radius 1 is 1.03 bits per heavy atom. The second kappa shape index (κ2) is 9.09. The maximum Gasteiger partial charge on any atom is 0.407 e. The standard InChI is InChI=1S/C25H22FNO5/c1-31-24(29)22(13-15-10-11-23(28)21(26)12-15)27-25(30)32-14-20-18-8-4-2-6-16(18)17-7-3-5-9-19(17)20/h2-12,20,22,28H,13-14H2,1H3,(H,27,30). The number of phenolic OH excluding ortho intramolecular Hbond substituents is 1. The molecule has 1 amide bonds. The summed E-state index contributed by atoms with van der Waals surface area (Å²) in [6, 6.07) is 18.6. The average Bonchev–Trinajstić information content (AvgIpc) is 3.13. The van der Waals surface area contributed by atoms with Crippen molar-refractivity contribution in [1.82, 2.24) is 5.32 Å². The summed E-state index contributed by atoms with van der Waals surface area (Å²) in [5, 5.41) is 11.8. The van der Waals surface area contributed by atoms with Crippen molar-refractivity contribution < 1.29 is 28.6 Å². The molecule has 4 rings (SSSR count). The Morgan fingerprint density at radius 2 is 1.66 bits per heavy atom. The topological polar surface area (TPSA) is 84.9 Å². The molecule has 0 saturated carbocycles. The summed E-state index contributed by atoms with van der Waals surface area (Å²) in [6.45, 7) is 0.0988. The molecular formula is C25H22FNO5. The molecule has 0 fully saturated rings. The van der Waals surface area contributed by atoms with Gasteiger partial charge in [-0.15, -0.1) is 0 Å². The quantitative estimate of drug-likeness (QED) is 0.568. The van der Waals surface area contributed by atoms with E-state index in [9.17, 15) is 19.1 Å². The molecule has 2 N–H and O–H groups in total. The summed E-state index contributed by atoms with van der Waals surface area (Å²) in [5.74, 6) is -2.11. The van der Waals surface area contributed by atoms with E-state index in [4.69, 9.17) is 9.47 Å². The first-order valence-corrected chi connectivity index (χ1v) is 10.1. The molecular weight excluding hydrogens is 413 g/mol. The number of phenols is 1. The van der Waals surface area contributed by atoms with Gasteiger partial charge >= 0.3 is 12.1 Å². The molecule has 6 nitrogen and oxygen atoms in total. The predicted octanol–water partition coefficient (Wildman–Crippen LogP) is 4.15. The van der Waals surface area contributed by atoms with Crippen LogP contribution >= 0.6 is 0 Å². The number of ether oxygens (including phenoxy) is 2. The largest absolute Gasteiger partial charge is 0.505 e. The highest BCUT2D eigenvalue weighted by atomic mass is 19.1. The van der Waals surface area contributed by atoms with Crippen molar-refractivity contribution in [3.05, 3.63) is 89.2 Å². The maximum absolute atomic E-state index is 13.6. The monoisotopic (exact) mass is 435 g/mol. The van der Waals surface area contributed by atoms with Crippen molar-refractivity contribution in [2.75, 3.05) is 13.7 Å². The Balaban J connectivity index is 1.45. The Labute approximate surface area is 184 Å². The highest BCUT2D eigenvalue weighted by molar-refractivity contribution is 5.82. The fourth-order valence-electron chi connectivity index (χ4n) is 4.03. The van der Waals surface area contributed by atoms with Gasteiger partial charge in [0.05, 0.1) is 7.11 Å². The molecule has 0 heterocycles. The van der Waals surface area contributed by atoms with Crippen LogP contribution in [0, 0.1) is 5.82 Å². The first kappa shape index (κ1) is 21.4. The third-order valence-corrected chi connectivity index (χ3v) is 5.57. The zero-order chi connectivity index (χ0) is 22.7. The number of benzene rings is 3. The number of aromatic hydroxyl groups is 1. The van der Waals surface area contributed by atoms with E-state index in [0.29, 0.717) is 5.56 Å². The number of hydrogen-bond acceptors (Lipinski definition) is 5. The average molecular weight is 435 g/mol. The number of methoxy groups -OCH3 is 1. The number of amides is 1. The molecule has 0 saturated heterocycles. The van der Waals surface area contributed by atoms with Crippen molar-refractivity contribution in [1.29, 1.82) is 0 Å². The third-order valence-electron chi connectivity index (χ3n) is 5.57. The van der Waals surface area contributed by atoms with Crippen LogP contribution in [0.3, 0.4) is 0 Å². The van der Waals surface area contributed by atoms with E-state index in [0.717, 1.165) is 28.3 Å². The van der Waals surface area contributed by atoms with E-state index in [1.54, 1.807) is 0 Å². The Morgan fingerprint density at radius 3 is 2.25 bits per heavy atom. The maximum atomic E-state index is 13.6. The van der Waals surface area contributed by atoms with Gasteiger partial charge in [-0.3, -0.25) is 0 Å². The van der Waals surface area contributed by atoms with E-state index in [2.05, 4.69) is 5.32 Å². The summed E-state index contributed by atoms with van der Waals surface area (Å²) in [6.07, 6.45) is -0.796. The first-order valence-electron chi connectivity index (χ1n) is 10.1. The molecule has 0 spiro atoms. The summed E-state index contributed by atoms with van der Waals surface area (Å²) in [4.78, 5) is 24.7. The van der Waals surface area contributed by atoms with Crippen molar-refractivity contribution in [3.63, 3.8) is 0 Å². The SMILES string of the molecule is COC(=O)C(Cc1ccc(O)c(F)c1)NC(=O)OCC1c2ccccc2-c2ccccc21. The molecule has 0 bridgehead atoms. The lowest BCUT2D eigenvalue weighted by Gasteiger charge is -2.18. The van der Waals surface area contributed by atoms with Gasteiger partial charge in [0.25, 0.3) is 0 Å². The minimum absolute atomic E-state index is 0.0198. The van der Waals surface area contributed by atoms with Crippen LogP contribution in [0.1, 0.15) is 22.6 Å². The van der Waals surface area contributed by atoms with Crippen LogP contribution < -0.4 is 5.32 Å². The van der Waals surface area contributed by atoms with Gasteiger partial charge in [-0.25, -0.2) is 14.0 Å². The molecule has 32 heavy (non-hydrogen) atoms. The van der Waals surface area contributed by atoms with Crippen molar-refractivity contribution in [3.8, 4) is 16.9 Å². The van der Waals surface area contributed by atoms with Gasteiger partial charge in [0.15, 0.2) is 11.6 Å². The smallest absolute Gasteiger partial charge is 0.407 e. The van der Waals surface area contributed by atoms with Gasteiger partial charge in [-0.1, -0.05) is 54.6 Å². The highest BCUT2D eigenvalue weighted by Crippen LogP contribution is 2.44. The summed E-state index contributed by atoms with van der Waals surface area (Å²) in [7, 11) is 1.20. The minimum atomic E-state index is -1.07. The van der Waals surface area contributed by atoms with Crippen molar-refractivity contribution in [2.45, 2.75) is 18.4 Å². The predicted molar refractivity (Wildman–Crippen MR) is 116 cm³/mol. The summed E-state index contributed by atoms with van der Waals surface area (Å²) >= 11 is 0. The van der Waals surface area contributed by atoms with E-state index in [-0.39, 0.29) is 18.9 Å². The van der Waals surface area contributed by atoms with Gasteiger partial charge < -0.3 is 19.9 Å². The summed E-state index contributed by atoms with van der Waals surface area (Å²) < 4.78 is 23.9. The van der Waals surface area contributed by atoms with Crippen LogP contribution in [0.15, 0.2) is 66.7 Å². The molecule has 1 aliphatic carbocycles. The number of alkyl carbamates (subject to hydrolysis) is 1. The normalized spacial score (nSPS) is 13.1. The second-order valence-electron chi connectivity index (χ2n) is 7.54. The van der Waals surface area contributed by atoms with Crippen LogP contribution in [0.5, 0.6) is 5.75 Å². The molecule has 0 radical (unpaired) electrons. The van der Waals surface area contributed by atoms with Gasteiger partial charge in [0, 0.05) is 12.3 Å². The third kappa shape index (κ3) is 4.27. The fraction of sp³-hybridized carbons (Fsp3) is 0.200. The number of carbonyl (C=O) groups is 2. The zero-order valence-corrected chi connectivity index (χ0v) is 17.4. The van der Waals surface area contributed by atoms with Gasteiger partial charge in [-0.2, -0.15) is 0 Å². The van der Waals surface area contributed by atoms with Crippen LogP contribution in [0.2, 0.25) is 0 Å². The molecule has 3 aromatic carbocycles. The Kier molecular flexibility index (Phi) is 6.07. The fourth-order valence-corrected chi connectivity index (χ4v) is 4.03.